The van der Waals surface area contributed by atoms with Gasteiger partial charge in [-0.3, -0.25) is 4.79 Å². The third-order valence-corrected chi connectivity index (χ3v) is 4.24. The lowest BCUT2D eigenvalue weighted by atomic mass is 9.94. The lowest BCUT2D eigenvalue weighted by Crippen LogP contribution is -2.10. The van der Waals surface area contributed by atoms with Crippen molar-refractivity contribution in [1.82, 2.24) is 9.55 Å². The van der Waals surface area contributed by atoms with E-state index in [1.165, 1.54) is 24.8 Å². The van der Waals surface area contributed by atoms with Crippen LogP contribution >= 0.6 is 0 Å². The number of anilines is 1. The first-order chi connectivity index (χ1) is 11.7. The van der Waals surface area contributed by atoms with Crippen LogP contribution in [-0.4, -0.2) is 15.5 Å². The maximum atomic E-state index is 12.1. The maximum absolute atomic E-state index is 12.1. The number of hydrogen-bond acceptors (Lipinski definition) is 3. The minimum Gasteiger partial charge on any atom is -0.486 e. The minimum absolute atomic E-state index is 0.0476. The zero-order valence-corrected chi connectivity index (χ0v) is 14.0. The summed E-state index contributed by atoms with van der Waals surface area (Å²) in [5.74, 6) is 1.57. The van der Waals surface area contributed by atoms with E-state index < -0.39 is 0 Å². The summed E-state index contributed by atoms with van der Waals surface area (Å²) < 4.78 is 7.63. The van der Waals surface area contributed by atoms with Crippen molar-refractivity contribution in [3.8, 4) is 5.75 Å². The van der Waals surface area contributed by atoms with Crippen molar-refractivity contribution >= 4 is 11.6 Å². The molecule has 0 saturated heterocycles. The topological polar surface area (TPSA) is 56.1 Å². The number of rotatable bonds is 5. The number of allylic oxidation sites excluding steroid dienone is 1. The highest BCUT2D eigenvalue weighted by molar-refractivity contribution is 5.99. The number of benzene rings is 1. The lowest BCUT2D eigenvalue weighted by molar-refractivity contribution is -0.112. The van der Waals surface area contributed by atoms with Crippen molar-refractivity contribution in [3.63, 3.8) is 0 Å². The number of carbonyl (C=O) groups is 1. The molecule has 0 spiro atoms. The summed E-state index contributed by atoms with van der Waals surface area (Å²) in [7, 11) is 1.94. The predicted molar refractivity (Wildman–Crippen MR) is 93.8 cm³/mol. The van der Waals surface area contributed by atoms with Gasteiger partial charge in [0.2, 0.25) is 5.91 Å². The van der Waals surface area contributed by atoms with Crippen LogP contribution in [0.15, 0.2) is 48.3 Å². The van der Waals surface area contributed by atoms with Gasteiger partial charge in [-0.1, -0.05) is 12.0 Å². The van der Waals surface area contributed by atoms with Gasteiger partial charge in [0, 0.05) is 31.2 Å². The second-order valence-corrected chi connectivity index (χ2v) is 6.12. The van der Waals surface area contributed by atoms with Crippen molar-refractivity contribution in [2.75, 3.05) is 5.32 Å². The largest absolute Gasteiger partial charge is 0.486 e. The van der Waals surface area contributed by atoms with Gasteiger partial charge >= 0.3 is 0 Å². The summed E-state index contributed by atoms with van der Waals surface area (Å²) >= 11 is 0. The van der Waals surface area contributed by atoms with Crippen molar-refractivity contribution in [2.45, 2.75) is 38.7 Å². The van der Waals surface area contributed by atoms with Crippen LogP contribution in [0.3, 0.4) is 0 Å². The highest BCUT2D eigenvalue weighted by Gasteiger charge is 2.08. The molecule has 1 fully saturated rings. The molecule has 0 bridgehead atoms. The highest BCUT2D eigenvalue weighted by atomic mass is 16.5. The second-order valence-electron chi connectivity index (χ2n) is 6.12. The molecule has 1 N–H and O–H groups in total. The molecule has 0 aliphatic heterocycles. The average Bonchev–Trinajstić information content (AvgIpc) is 3.00. The molecule has 1 aromatic heterocycles. The summed E-state index contributed by atoms with van der Waals surface area (Å²) in [5, 5.41) is 2.91. The molecule has 126 valence electrons. The molecule has 5 heteroatoms. The van der Waals surface area contributed by atoms with E-state index in [2.05, 4.69) is 10.3 Å². The quantitative estimate of drug-likeness (QED) is 0.850. The van der Waals surface area contributed by atoms with Gasteiger partial charge in [0.1, 0.15) is 18.2 Å². The van der Waals surface area contributed by atoms with Gasteiger partial charge in [-0.2, -0.15) is 0 Å². The van der Waals surface area contributed by atoms with Crippen LogP contribution in [0.25, 0.3) is 0 Å². The van der Waals surface area contributed by atoms with Crippen LogP contribution in [-0.2, 0) is 18.4 Å². The standard InChI is InChI=1S/C19H23N3O2/c1-22-12-11-20-18(22)14-24-17-9-7-16(8-10-17)21-19(23)13-15-5-3-2-4-6-15/h7-13H,2-6,14H2,1H3,(H,21,23). The number of aromatic nitrogens is 2. The Bertz CT molecular complexity index is 708. The van der Waals surface area contributed by atoms with Gasteiger partial charge in [-0.05, 0) is 49.9 Å². The number of nitrogens with zero attached hydrogens (tertiary/aromatic N) is 2. The second kappa shape index (κ2) is 7.81. The molecule has 1 aliphatic carbocycles. The van der Waals surface area contributed by atoms with Gasteiger partial charge in [0.25, 0.3) is 0 Å². The predicted octanol–water partition coefficient (Wildman–Crippen LogP) is 3.83. The Kier molecular flexibility index (Phi) is 5.31. The maximum Gasteiger partial charge on any atom is 0.248 e. The number of nitrogens with one attached hydrogen (secondary N) is 1. The summed E-state index contributed by atoms with van der Waals surface area (Å²) in [5.41, 5.74) is 2.03. The smallest absolute Gasteiger partial charge is 0.248 e. The zero-order chi connectivity index (χ0) is 16.8. The molecule has 3 rings (SSSR count). The average molecular weight is 325 g/mol. The molecule has 1 amide bonds. The lowest BCUT2D eigenvalue weighted by Gasteiger charge is -2.13. The number of hydrogen-bond donors (Lipinski definition) is 1. The molecular formula is C19H23N3O2. The van der Waals surface area contributed by atoms with E-state index in [0.717, 1.165) is 30.1 Å². The Morgan fingerprint density at radius 3 is 2.67 bits per heavy atom. The summed E-state index contributed by atoms with van der Waals surface area (Å²) in [6.45, 7) is 0.418. The first-order valence-electron chi connectivity index (χ1n) is 8.40. The van der Waals surface area contributed by atoms with Crippen LogP contribution in [0, 0.1) is 0 Å². The fraction of sp³-hybridized carbons (Fsp3) is 0.368. The van der Waals surface area contributed by atoms with E-state index in [1.54, 1.807) is 12.3 Å². The molecule has 1 heterocycles. The first-order valence-corrected chi connectivity index (χ1v) is 8.40. The number of aryl methyl sites for hydroxylation is 1. The minimum atomic E-state index is -0.0476. The fourth-order valence-electron chi connectivity index (χ4n) is 2.83. The monoisotopic (exact) mass is 325 g/mol. The molecule has 1 aromatic carbocycles. The highest BCUT2D eigenvalue weighted by Crippen LogP contribution is 2.23. The van der Waals surface area contributed by atoms with Crippen molar-refractivity contribution in [3.05, 3.63) is 54.1 Å². The molecule has 0 unspecified atom stereocenters. The number of carbonyl (C=O) groups excluding carboxylic acids is 1. The van der Waals surface area contributed by atoms with Crippen molar-refractivity contribution in [1.29, 1.82) is 0 Å². The van der Waals surface area contributed by atoms with E-state index >= 15 is 0 Å². The normalized spacial score (nSPS) is 14.3. The molecule has 1 aliphatic rings. The fourth-order valence-corrected chi connectivity index (χ4v) is 2.83. The Labute approximate surface area is 142 Å². The van der Waals surface area contributed by atoms with Crippen LogP contribution < -0.4 is 10.1 Å². The molecule has 2 aromatic rings. The van der Waals surface area contributed by atoms with E-state index in [0.29, 0.717) is 6.61 Å². The van der Waals surface area contributed by atoms with Gasteiger partial charge < -0.3 is 14.6 Å². The first kappa shape index (κ1) is 16.3. The van der Waals surface area contributed by atoms with E-state index in [4.69, 9.17) is 4.74 Å². The van der Waals surface area contributed by atoms with E-state index in [-0.39, 0.29) is 5.91 Å². The van der Waals surface area contributed by atoms with Crippen molar-refractivity contribution < 1.29 is 9.53 Å². The Balaban J connectivity index is 1.52. The molecule has 0 atom stereocenters. The van der Waals surface area contributed by atoms with E-state index in [9.17, 15) is 4.79 Å². The third kappa shape index (κ3) is 4.47. The summed E-state index contributed by atoms with van der Waals surface area (Å²) in [6, 6.07) is 7.41. The van der Waals surface area contributed by atoms with Crippen LogP contribution in [0.4, 0.5) is 5.69 Å². The molecule has 24 heavy (non-hydrogen) atoms. The Hall–Kier alpha value is -2.56. The Morgan fingerprint density at radius 2 is 2.00 bits per heavy atom. The SMILES string of the molecule is Cn1ccnc1COc1ccc(NC(=O)C=C2CCCCC2)cc1. The molecule has 1 saturated carbocycles. The molecule has 5 nitrogen and oxygen atoms in total. The number of imidazole rings is 1. The van der Waals surface area contributed by atoms with Crippen molar-refractivity contribution in [2.24, 2.45) is 7.05 Å². The van der Waals surface area contributed by atoms with Gasteiger partial charge in [0.15, 0.2) is 0 Å². The Morgan fingerprint density at radius 1 is 1.25 bits per heavy atom. The van der Waals surface area contributed by atoms with Gasteiger partial charge in [-0.15, -0.1) is 0 Å². The summed E-state index contributed by atoms with van der Waals surface area (Å²) in [6.07, 6.45) is 11.2. The van der Waals surface area contributed by atoms with Crippen LogP contribution in [0.2, 0.25) is 0 Å². The van der Waals surface area contributed by atoms with Crippen LogP contribution in [0.1, 0.15) is 37.9 Å². The van der Waals surface area contributed by atoms with Gasteiger partial charge in [-0.25, -0.2) is 4.98 Å². The number of ether oxygens (including phenoxy) is 1. The molecular weight excluding hydrogens is 302 g/mol. The van der Waals surface area contributed by atoms with E-state index in [1.807, 2.05) is 42.1 Å². The summed E-state index contributed by atoms with van der Waals surface area (Å²) in [4.78, 5) is 16.3. The third-order valence-electron chi connectivity index (χ3n) is 4.24. The van der Waals surface area contributed by atoms with Gasteiger partial charge in [0.05, 0.1) is 0 Å². The molecule has 0 radical (unpaired) electrons. The van der Waals surface area contributed by atoms with Crippen LogP contribution in [0.5, 0.6) is 5.75 Å². The zero-order valence-electron chi connectivity index (χ0n) is 14.0. The number of amides is 1.